The van der Waals surface area contributed by atoms with Crippen molar-refractivity contribution in [2.24, 2.45) is 11.7 Å². The molecule has 3 heterocycles. The lowest BCUT2D eigenvalue weighted by Gasteiger charge is -2.38. The van der Waals surface area contributed by atoms with Crippen LogP contribution >= 0.6 is 0 Å². The Morgan fingerprint density at radius 2 is 2.04 bits per heavy atom. The van der Waals surface area contributed by atoms with E-state index in [-0.39, 0.29) is 11.9 Å². The van der Waals surface area contributed by atoms with Crippen molar-refractivity contribution in [1.82, 2.24) is 20.3 Å². The molecule has 1 unspecified atom stereocenters. The van der Waals surface area contributed by atoms with Gasteiger partial charge in [0.1, 0.15) is 5.52 Å². The highest BCUT2D eigenvalue weighted by atomic mass is 16.2. The topological polar surface area (TPSA) is 97.0 Å². The SMILES string of the molecule is CC(N)C(=O)N[C@@H]1C[C@H](C)CN(c2ccnc3nccnc23)C1. The minimum absolute atomic E-state index is 0.0807. The lowest BCUT2D eigenvalue weighted by Crippen LogP contribution is -2.53. The van der Waals surface area contributed by atoms with Crippen molar-refractivity contribution < 1.29 is 4.79 Å². The Hall–Kier alpha value is -2.28. The molecule has 122 valence electrons. The van der Waals surface area contributed by atoms with Crippen molar-refractivity contribution in [3.63, 3.8) is 0 Å². The number of pyridine rings is 1. The second kappa shape index (κ2) is 6.45. The van der Waals surface area contributed by atoms with Gasteiger partial charge in [-0.15, -0.1) is 0 Å². The Morgan fingerprint density at radius 3 is 2.83 bits per heavy atom. The van der Waals surface area contributed by atoms with E-state index in [2.05, 4.69) is 32.1 Å². The van der Waals surface area contributed by atoms with Crippen LogP contribution in [0, 0.1) is 5.92 Å². The number of carbonyl (C=O) groups excluding carboxylic acids is 1. The van der Waals surface area contributed by atoms with Crippen LogP contribution < -0.4 is 16.0 Å². The molecule has 1 aliphatic heterocycles. The highest BCUT2D eigenvalue weighted by molar-refractivity contribution is 5.85. The number of rotatable bonds is 3. The molecule has 1 saturated heterocycles. The fraction of sp³-hybridized carbons (Fsp3) is 0.500. The number of fused-ring (bicyclic) bond motifs is 1. The largest absolute Gasteiger partial charge is 0.367 e. The first-order chi connectivity index (χ1) is 11.0. The van der Waals surface area contributed by atoms with Gasteiger partial charge in [0.25, 0.3) is 0 Å². The average molecular weight is 314 g/mol. The summed E-state index contributed by atoms with van der Waals surface area (Å²) in [7, 11) is 0. The Balaban J connectivity index is 1.85. The highest BCUT2D eigenvalue weighted by Gasteiger charge is 2.27. The Labute approximate surface area is 135 Å². The van der Waals surface area contributed by atoms with Gasteiger partial charge in [-0.2, -0.15) is 0 Å². The normalized spacial score (nSPS) is 22.8. The number of carbonyl (C=O) groups is 1. The van der Waals surface area contributed by atoms with Crippen molar-refractivity contribution >= 4 is 22.8 Å². The summed E-state index contributed by atoms with van der Waals surface area (Å²) in [6.45, 7) is 5.54. The van der Waals surface area contributed by atoms with Crippen LogP contribution in [0.15, 0.2) is 24.7 Å². The van der Waals surface area contributed by atoms with E-state index in [1.165, 1.54) is 0 Å². The molecule has 3 rings (SSSR count). The quantitative estimate of drug-likeness (QED) is 0.866. The zero-order chi connectivity index (χ0) is 16.4. The summed E-state index contributed by atoms with van der Waals surface area (Å²) in [5.74, 6) is 0.352. The molecule has 3 N–H and O–H groups in total. The van der Waals surface area contributed by atoms with Crippen LogP contribution in [-0.2, 0) is 4.79 Å². The second-order valence-electron chi connectivity index (χ2n) is 6.30. The van der Waals surface area contributed by atoms with Gasteiger partial charge in [-0.3, -0.25) is 4.79 Å². The van der Waals surface area contributed by atoms with Gasteiger partial charge in [-0.25, -0.2) is 15.0 Å². The number of amides is 1. The number of piperidine rings is 1. The molecule has 0 aromatic carbocycles. The van der Waals surface area contributed by atoms with Gasteiger partial charge < -0.3 is 16.0 Å². The molecule has 0 spiro atoms. The van der Waals surface area contributed by atoms with Gasteiger partial charge >= 0.3 is 0 Å². The average Bonchev–Trinajstić information content (AvgIpc) is 2.53. The molecule has 1 aliphatic rings. The van der Waals surface area contributed by atoms with Gasteiger partial charge in [0, 0.05) is 37.7 Å². The van der Waals surface area contributed by atoms with E-state index in [1.54, 1.807) is 25.5 Å². The minimum atomic E-state index is -0.492. The maximum absolute atomic E-state index is 11.9. The van der Waals surface area contributed by atoms with Crippen LogP contribution in [0.2, 0.25) is 0 Å². The van der Waals surface area contributed by atoms with E-state index in [4.69, 9.17) is 5.73 Å². The molecule has 2 aromatic rings. The van der Waals surface area contributed by atoms with Crippen molar-refractivity contribution in [2.75, 3.05) is 18.0 Å². The third-order valence-corrected chi connectivity index (χ3v) is 4.11. The summed E-state index contributed by atoms with van der Waals surface area (Å²) >= 11 is 0. The van der Waals surface area contributed by atoms with Crippen molar-refractivity contribution in [3.05, 3.63) is 24.7 Å². The maximum atomic E-state index is 11.9. The van der Waals surface area contributed by atoms with E-state index in [0.717, 1.165) is 30.7 Å². The fourth-order valence-electron chi connectivity index (χ4n) is 3.10. The maximum Gasteiger partial charge on any atom is 0.236 e. The molecule has 0 saturated carbocycles. The zero-order valence-electron chi connectivity index (χ0n) is 13.4. The van der Waals surface area contributed by atoms with Crippen LogP contribution in [0.3, 0.4) is 0 Å². The van der Waals surface area contributed by atoms with E-state index in [9.17, 15) is 4.79 Å². The highest BCUT2D eigenvalue weighted by Crippen LogP contribution is 2.27. The minimum Gasteiger partial charge on any atom is -0.367 e. The number of nitrogens with one attached hydrogen (secondary N) is 1. The standard InChI is InChI=1S/C16H22N6O/c1-10-7-12(21-16(23)11(2)17)9-22(8-10)13-3-4-19-15-14(13)18-5-6-20-15/h3-6,10-12H,7-9,17H2,1-2H3,(H,21,23)/t10-,11?,12+/m0/s1. The molecule has 23 heavy (non-hydrogen) atoms. The first-order valence-corrected chi connectivity index (χ1v) is 7.91. The lowest BCUT2D eigenvalue weighted by atomic mass is 9.95. The monoisotopic (exact) mass is 314 g/mol. The number of anilines is 1. The van der Waals surface area contributed by atoms with Gasteiger partial charge in [0.15, 0.2) is 5.65 Å². The third kappa shape index (κ3) is 3.39. The number of nitrogens with zero attached hydrogens (tertiary/aromatic N) is 4. The summed E-state index contributed by atoms with van der Waals surface area (Å²) in [6.07, 6.45) is 6.02. The van der Waals surface area contributed by atoms with E-state index < -0.39 is 6.04 Å². The van der Waals surface area contributed by atoms with E-state index in [1.807, 2.05) is 6.07 Å². The predicted octanol–water partition coefficient (Wildman–Crippen LogP) is 0.703. The van der Waals surface area contributed by atoms with Gasteiger partial charge in [-0.05, 0) is 25.3 Å². The van der Waals surface area contributed by atoms with E-state index >= 15 is 0 Å². The van der Waals surface area contributed by atoms with Crippen molar-refractivity contribution in [3.8, 4) is 0 Å². The smallest absolute Gasteiger partial charge is 0.236 e. The lowest BCUT2D eigenvalue weighted by molar-refractivity contribution is -0.122. The van der Waals surface area contributed by atoms with Gasteiger partial charge in [0.05, 0.1) is 11.7 Å². The molecule has 3 atom stereocenters. The predicted molar refractivity (Wildman–Crippen MR) is 88.9 cm³/mol. The summed E-state index contributed by atoms with van der Waals surface area (Å²) < 4.78 is 0. The number of hydrogen-bond donors (Lipinski definition) is 2. The summed E-state index contributed by atoms with van der Waals surface area (Å²) in [4.78, 5) is 27.1. The molecule has 7 nitrogen and oxygen atoms in total. The van der Waals surface area contributed by atoms with E-state index in [0.29, 0.717) is 11.6 Å². The first kappa shape index (κ1) is 15.6. The molecule has 1 amide bonds. The van der Waals surface area contributed by atoms with Gasteiger partial charge in [-0.1, -0.05) is 6.92 Å². The summed E-state index contributed by atoms with van der Waals surface area (Å²) in [5, 5.41) is 3.04. The first-order valence-electron chi connectivity index (χ1n) is 7.91. The molecule has 7 heteroatoms. The molecule has 1 fully saturated rings. The molecule has 2 aromatic heterocycles. The molecular formula is C16H22N6O. The Kier molecular flexibility index (Phi) is 4.38. The molecule has 0 aliphatic carbocycles. The van der Waals surface area contributed by atoms with Crippen molar-refractivity contribution in [2.45, 2.75) is 32.4 Å². The number of nitrogens with two attached hydrogens (primary N) is 1. The van der Waals surface area contributed by atoms with Crippen molar-refractivity contribution in [1.29, 1.82) is 0 Å². The third-order valence-electron chi connectivity index (χ3n) is 4.11. The molecule has 0 bridgehead atoms. The molecular weight excluding hydrogens is 292 g/mol. The van der Waals surface area contributed by atoms with Crippen LogP contribution in [-0.4, -0.2) is 46.0 Å². The summed E-state index contributed by atoms with van der Waals surface area (Å²) in [5.41, 5.74) is 8.10. The Bertz CT molecular complexity index is 699. The number of aromatic nitrogens is 3. The molecule has 0 radical (unpaired) electrons. The zero-order valence-corrected chi connectivity index (χ0v) is 13.4. The second-order valence-corrected chi connectivity index (χ2v) is 6.30. The fourth-order valence-corrected chi connectivity index (χ4v) is 3.10. The van der Waals surface area contributed by atoms with Crippen LogP contribution in [0.1, 0.15) is 20.3 Å². The van der Waals surface area contributed by atoms with Crippen LogP contribution in [0.25, 0.3) is 11.2 Å². The van der Waals surface area contributed by atoms with Crippen LogP contribution in [0.4, 0.5) is 5.69 Å². The summed E-state index contributed by atoms with van der Waals surface area (Å²) in [6, 6.07) is 1.55. The number of hydrogen-bond acceptors (Lipinski definition) is 6. The Morgan fingerprint density at radius 1 is 1.30 bits per heavy atom. The van der Waals surface area contributed by atoms with Gasteiger partial charge in [0.2, 0.25) is 5.91 Å². The van der Waals surface area contributed by atoms with Crippen LogP contribution in [0.5, 0.6) is 0 Å².